The third kappa shape index (κ3) is 8.04. The molecule has 1 aromatic carbocycles. The SMILES string of the molecule is CC(O)C(NC(=O)C1CCCN1C(=O)C(N)CCC(=O)O)C(=O)NC(Cc1ccccc1)C(=O)O. The molecule has 1 fully saturated rings. The number of hydrogen-bond donors (Lipinski definition) is 6. The van der Waals surface area contributed by atoms with Crippen LogP contribution < -0.4 is 16.4 Å². The van der Waals surface area contributed by atoms with E-state index in [9.17, 15) is 34.2 Å². The molecule has 0 bridgehead atoms. The summed E-state index contributed by atoms with van der Waals surface area (Å²) in [5.74, 6) is -4.53. The number of nitrogens with one attached hydrogen (secondary N) is 2. The standard InChI is InChI=1S/C23H32N4O8/c1-13(28)19(21(32)25-16(23(34)35)12-14-6-3-2-4-7-14)26-20(31)17-8-5-11-27(17)22(33)15(24)9-10-18(29)30/h2-4,6-7,13,15-17,19,28H,5,8-12,24H2,1H3,(H,25,32)(H,26,31)(H,29,30)(H,34,35). The lowest BCUT2D eigenvalue weighted by atomic mass is 10.0. The Hall–Kier alpha value is -3.51. The Morgan fingerprint density at radius 1 is 1.11 bits per heavy atom. The minimum atomic E-state index is -1.46. The number of aliphatic hydroxyl groups excluding tert-OH is 1. The van der Waals surface area contributed by atoms with Gasteiger partial charge in [-0.05, 0) is 31.7 Å². The van der Waals surface area contributed by atoms with Gasteiger partial charge >= 0.3 is 11.9 Å². The van der Waals surface area contributed by atoms with Crippen LogP contribution in [0.15, 0.2) is 30.3 Å². The van der Waals surface area contributed by atoms with Crippen LogP contribution >= 0.6 is 0 Å². The molecule has 5 unspecified atom stereocenters. The zero-order valence-electron chi connectivity index (χ0n) is 19.4. The summed E-state index contributed by atoms with van der Waals surface area (Å²) in [6.45, 7) is 1.51. The number of nitrogens with zero attached hydrogens (tertiary/aromatic N) is 1. The van der Waals surface area contributed by atoms with Crippen molar-refractivity contribution in [2.24, 2.45) is 5.73 Å². The maximum atomic E-state index is 12.9. The first-order valence-electron chi connectivity index (χ1n) is 11.3. The fourth-order valence-corrected chi connectivity index (χ4v) is 3.88. The average molecular weight is 493 g/mol. The van der Waals surface area contributed by atoms with Gasteiger partial charge in [-0.15, -0.1) is 0 Å². The molecule has 7 N–H and O–H groups in total. The number of aliphatic carboxylic acids is 2. The van der Waals surface area contributed by atoms with E-state index in [4.69, 9.17) is 10.8 Å². The van der Waals surface area contributed by atoms with E-state index in [-0.39, 0.29) is 25.8 Å². The van der Waals surface area contributed by atoms with Crippen molar-refractivity contribution in [2.45, 2.75) is 69.3 Å². The number of likely N-dealkylation sites (tertiary alicyclic amines) is 1. The van der Waals surface area contributed by atoms with Crippen LogP contribution in [-0.4, -0.2) is 86.7 Å². The van der Waals surface area contributed by atoms with Crippen LogP contribution in [0.3, 0.4) is 0 Å². The topological polar surface area (TPSA) is 199 Å². The van der Waals surface area contributed by atoms with Crippen molar-refractivity contribution in [3.63, 3.8) is 0 Å². The summed E-state index contributed by atoms with van der Waals surface area (Å²) in [6, 6.07) is 3.86. The molecule has 0 radical (unpaired) electrons. The van der Waals surface area contributed by atoms with Gasteiger partial charge in [0, 0.05) is 19.4 Å². The molecule has 0 spiro atoms. The van der Waals surface area contributed by atoms with E-state index in [1.54, 1.807) is 30.3 Å². The second-order valence-corrected chi connectivity index (χ2v) is 8.54. The van der Waals surface area contributed by atoms with Crippen LogP contribution in [0.4, 0.5) is 0 Å². The van der Waals surface area contributed by atoms with Gasteiger partial charge in [-0.1, -0.05) is 30.3 Å². The van der Waals surface area contributed by atoms with Gasteiger partial charge in [0.25, 0.3) is 0 Å². The number of carboxylic acids is 2. The fraction of sp³-hybridized carbons (Fsp3) is 0.522. The van der Waals surface area contributed by atoms with Gasteiger partial charge in [-0.2, -0.15) is 0 Å². The highest BCUT2D eigenvalue weighted by Crippen LogP contribution is 2.19. The smallest absolute Gasteiger partial charge is 0.326 e. The Kier molecular flexibility index (Phi) is 10.2. The minimum absolute atomic E-state index is 0.00151. The van der Waals surface area contributed by atoms with Gasteiger partial charge in [-0.25, -0.2) is 4.79 Å². The third-order valence-corrected chi connectivity index (χ3v) is 5.78. The quantitative estimate of drug-likeness (QED) is 0.208. The average Bonchev–Trinajstić information content (AvgIpc) is 3.30. The van der Waals surface area contributed by atoms with Gasteiger partial charge in [0.15, 0.2) is 0 Å². The second-order valence-electron chi connectivity index (χ2n) is 8.54. The van der Waals surface area contributed by atoms with Gasteiger partial charge in [-0.3, -0.25) is 19.2 Å². The van der Waals surface area contributed by atoms with Crippen LogP contribution in [0.1, 0.15) is 38.2 Å². The number of rotatable bonds is 12. The lowest BCUT2D eigenvalue weighted by molar-refractivity contribution is -0.144. The highest BCUT2D eigenvalue weighted by Gasteiger charge is 2.38. The largest absolute Gasteiger partial charge is 0.481 e. The monoisotopic (exact) mass is 492 g/mol. The van der Waals surface area contributed by atoms with Crippen molar-refractivity contribution in [1.82, 2.24) is 15.5 Å². The lowest BCUT2D eigenvalue weighted by Gasteiger charge is -2.29. The second kappa shape index (κ2) is 12.8. The molecule has 35 heavy (non-hydrogen) atoms. The summed E-state index contributed by atoms with van der Waals surface area (Å²) in [6.07, 6.45) is -0.941. The van der Waals surface area contributed by atoms with Crippen LogP contribution in [0.2, 0.25) is 0 Å². The number of carbonyl (C=O) groups is 5. The summed E-state index contributed by atoms with van der Waals surface area (Å²) in [7, 11) is 0. The van der Waals surface area contributed by atoms with E-state index in [0.29, 0.717) is 18.4 Å². The predicted molar refractivity (Wildman–Crippen MR) is 123 cm³/mol. The number of hydrogen-bond acceptors (Lipinski definition) is 7. The van der Waals surface area contributed by atoms with Gasteiger partial charge in [0.05, 0.1) is 12.1 Å². The highest BCUT2D eigenvalue weighted by atomic mass is 16.4. The number of carboxylic acid groups (broad SMARTS) is 2. The van der Waals surface area contributed by atoms with E-state index < -0.39 is 59.9 Å². The number of aliphatic hydroxyl groups is 1. The molecule has 1 heterocycles. The zero-order valence-corrected chi connectivity index (χ0v) is 19.4. The number of amides is 3. The number of nitrogens with two attached hydrogens (primary N) is 1. The molecule has 0 aliphatic carbocycles. The van der Waals surface area contributed by atoms with E-state index in [1.807, 2.05) is 0 Å². The summed E-state index contributed by atoms with van der Waals surface area (Å²) in [5, 5.41) is 33.2. The zero-order chi connectivity index (χ0) is 26.1. The first kappa shape index (κ1) is 27.7. The summed E-state index contributed by atoms with van der Waals surface area (Å²) in [4.78, 5) is 62.1. The molecule has 1 saturated heterocycles. The van der Waals surface area contributed by atoms with E-state index in [2.05, 4.69) is 10.6 Å². The number of benzene rings is 1. The molecule has 1 aliphatic heterocycles. The Balaban J connectivity index is 2.06. The summed E-state index contributed by atoms with van der Waals surface area (Å²) >= 11 is 0. The van der Waals surface area contributed by atoms with E-state index in [0.717, 1.165) is 0 Å². The third-order valence-electron chi connectivity index (χ3n) is 5.78. The fourth-order valence-electron chi connectivity index (χ4n) is 3.88. The van der Waals surface area contributed by atoms with Gasteiger partial charge in [0.2, 0.25) is 17.7 Å². The van der Waals surface area contributed by atoms with E-state index in [1.165, 1.54) is 11.8 Å². The van der Waals surface area contributed by atoms with Crippen molar-refractivity contribution in [2.75, 3.05) is 6.54 Å². The molecule has 0 aromatic heterocycles. The highest BCUT2D eigenvalue weighted by molar-refractivity contribution is 5.94. The molecule has 12 nitrogen and oxygen atoms in total. The molecule has 3 amide bonds. The van der Waals surface area contributed by atoms with Crippen LogP contribution in [0, 0.1) is 0 Å². The Labute approximate surface area is 202 Å². The molecule has 12 heteroatoms. The maximum Gasteiger partial charge on any atom is 0.326 e. The summed E-state index contributed by atoms with van der Waals surface area (Å²) in [5.41, 5.74) is 6.48. The first-order chi connectivity index (χ1) is 16.5. The molecular weight excluding hydrogens is 460 g/mol. The molecule has 5 atom stereocenters. The molecule has 1 aromatic rings. The minimum Gasteiger partial charge on any atom is -0.481 e. The van der Waals surface area contributed by atoms with Crippen molar-refractivity contribution in [1.29, 1.82) is 0 Å². The summed E-state index contributed by atoms with van der Waals surface area (Å²) < 4.78 is 0. The van der Waals surface area contributed by atoms with Crippen molar-refractivity contribution >= 4 is 29.7 Å². The predicted octanol–water partition coefficient (Wildman–Crippen LogP) is -1.15. The Morgan fingerprint density at radius 2 is 1.77 bits per heavy atom. The Morgan fingerprint density at radius 3 is 2.34 bits per heavy atom. The lowest BCUT2D eigenvalue weighted by Crippen LogP contribution is -2.59. The van der Waals surface area contributed by atoms with Crippen LogP contribution in [-0.2, 0) is 30.4 Å². The van der Waals surface area contributed by atoms with Gasteiger partial charge in [0.1, 0.15) is 18.1 Å². The van der Waals surface area contributed by atoms with Crippen molar-refractivity contribution < 1.29 is 39.3 Å². The van der Waals surface area contributed by atoms with Crippen LogP contribution in [0.25, 0.3) is 0 Å². The first-order valence-corrected chi connectivity index (χ1v) is 11.3. The Bertz CT molecular complexity index is 923. The molecule has 2 rings (SSSR count). The molecule has 0 saturated carbocycles. The number of carbonyl (C=O) groups excluding carboxylic acids is 3. The van der Waals surface area contributed by atoms with E-state index >= 15 is 0 Å². The molecule has 192 valence electrons. The van der Waals surface area contributed by atoms with Crippen molar-refractivity contribution in [3.05, 3.63) is 35.9 Å². The van der Waals surface area contributed by atoms with Crippen LogP contribution in [0.5, 0.6) is 0 Å². The van der Waals surface area contributed by atoms with Crippen molar-refractivity contribution in [3.8, 4) is 0 Å². The van der Waals surface area contributed by atoms with Gasteiger partial charge < -0.3 is 36.6 Å². The maximum absolute atomic E-state index is 12.9. The molecular formula is C23H32N4O8. The molecule has 1 aliphatic rings. The normalized spacial score (nSPS) is 18.7.